The lowest BCUT2D eigenvalue weighted by Gasteiger charge is -2.20. The van der Waals surface area contributed by atoms with Gasteiger partial charge in [0.1, 0.15) is 5.82 Å². The van der Waals surface area contributed by atoms with Crippen LogP contribution in [0.3, 0.4) is 0 Å². The normalized spacial score (nSPS) is 17.9. The molecule has 1 N–H and O–H groups in total. The van der Waals surface area contributed by atoms with E-state index in [1.807, 2.05) is 6.92 Å². The highest BCUT2D eigenvalue weighted by Crippen LogP contribution is 2.26. The molecule has 6 heteroatoms. The summed E-state index contributed by atoms with van der Waals surface area (Å²) in [5.41, 5.74) is 1.90. The Morgan fingerprint density at radius 2 is 2.04 bits per heavy atom. The van der Waals surface area contributed by atoms with Crippen molar-refractivity contribution in [2.75, 3.05) is 18.4 Å². The van der Waals surface area contributed by atoms with Crippen LogP contribution in [0, 0.1) is 6.92 Å². The van der Waals surface area contributed by atoms with E-state index in [1.54, 1.807) is 30.5 Å². The lowest BCUT2D eigenvalue weighted by molar-refractivity contribution is 0.102. The van der Waals surface area contributed by atoms with Crippen molar-refractivity contribution in [3.8, 4) is 0 Å². The van der Waals surface area contributed by atoms with Gasteiger partial charge in [-0.15, -0.1) is 0 Å². The highest BCUT2D eigenvalue weighted by Gasteiger charge is 2.28. The summed E-state index contributed by atoms with van der Waals surface area (Å²) in [5.74, 6) is 0.972. The van der Waals surface area contributed by atoms with E-state index in [9.17, 15) is 4.79 Å². The molecule has 1 aliphatic heterocycles. The first-order chi connectivity index (χ1) is 11.9. The molecule has 1 saturated heterocycles. The first-order valence-electron chi connectivity index (χ1n) is 8.58. The molecule has 1 atom stereocenters. The van der Waals surface area contributed by atoms with Crippen molar-refractivity contribution in [2.24, 2.45) is 0 Å². The summed E-state index contributed by atoms with van der Waals surface area (Å²) >= 11 is 5.86. The number of amides is 1. The topological polar surface area (TPSA) is 58.1 Å². The van der Waals surface area contributed by atoms with Crippen molar-refractivity contribution in [1.29, 1.82) is 0 Å². The van der Waals surface area contributed by atoms with Crippen LogP contribution < -0.4 is 5.32 Å². The Balaban J connectivity index is 1.71. The summed E-state index contributed by atoms with van der Waals surface area (Å²) in [4.78, 5) is 24.0. The number of carbonyl (C=O) groups excluding carboxylic acids is 1. The Morgan fingerprint density at radius 1 is 1.32 bits per heavy atom. The van der Waals surface area contributed by atoms with E-state index in [1.165, 1.54) is 0 Å². The number of nitrogens with one attached hydrogen (secondary N) is 1. The zero-order chi connectivity index (χ0) is 18.0. The Bertz CT molecular complexity index is 761. The van der Waals surface area contributed by atoms with Crippen LogP contribution in [-0.4, -0.2) is 39.9 Å². The largest absolute Gasteiger partial charge is 0.322 e. The van der Waals surface area contributed by atoms with Crippen molar-refractivity contribution in [2.45, 2.75) is 39.2 Å². The van der Waals surface area contributed by atoms with E-state index >= 15 is 0 Å². The summed E-state index contributed by atoms with van der Waals surface area (Å²) < 4.78 is 0. The summed E-state index contributed by atoms with van der Waals surface area (Å²) in [7, 11) is 0. The number of aromatic nitrogens is 2. The molecular weight excluding hydrogens is 336 g/mol. The highest BCUT2D eigenvalue weighted by molar-refractivity contribution is 6.30. The second kappa shape index (κ2) is 7.50. The number of rotatable bonds is 4. The van der Waals surface area contributed by atoms with E-state index in [0.717, 1.165) is 25.3 Å². The summed E-state index contributed by atoms with van der Waals surface area (Å²) in [6.07, 6.45) is 2.70. The SMILES string of the molecule is Cc1nc([C@@H]2CCN(C(C)C)C2)ncc1C(=O)Nc1ccc(Cl)cc1. The van der Waals surface area contributed by atoms with Gasteiger partial charge < -0.3 is 10.2 Å². The maximum absolute atomic E-state index is 12.5. The fourth-order valence-corrected chi connectivity index (χ4v) is 3.23. The molecule has 1 amide bonds. The minimum Gasteiger partial charge on any atom is -0.322 e. The van der Waals surface area contributed by atoms with Crippen LogP contribution in [0.5, 0.6) is 0 Å². The molecule has 25 heavy (non-hydrogen) atoms. The lowest BCUT2D eigenvalue weighted by Crippen LogP contribution is -2.28. The fourth-order valence-electron chi connectivity index (χ4n) is 3.10. The van der Waals surface area contributed by atoms with Crippen molar-refractivity contribution >= 4 is 23.2 Å². The molecule has 0 saturated carbocycles. The summed E-state index contributed by atoms with van der Waals surface area (Å²) in [5, 5.41) is 3.48. The molecular formula is C19H23ClN4O. The first kappa shape index (κ1) is 17.8. The summed E-state index contributed by atoms with van der Waals surface area (Å²) in [6.45, 7) is 8.32. The number of likely N-dealkylation sites (tertiary alicyclic amines) is 1. The van der Waals surface area contributed by atoms with Gasteiger partial charge in [0.2, 0.25) is 0 Å². The van der Waals surface area contributed by atoms with Crippen LogP contribution >= 0.6 is 11.6 Å². The van der Waals surface area contributed by atoms with E-state index in [0.29, 0.717) is 33.9 Å². The molecule has 0 radical (unpaired) electrons. The number of nitrogens with zero attached hydrogens (tertiary/aromatic N) is 3. The molecule has 1 aromatic carbocycles. The molecule has 3 rings (SSSR count). The van der Waals surface area contributed by atoms with Gasteiger partial charge in [0, 0.05) is 35.4 Å². The standard InChI is InChI=1S/C19H23ClN4O/c1-12(2)24-9-8-14(11-24)18-21-10-17(13(3)22-18)19(25)23-16-6-4-15(20)5-7-16/h4-7,10,12,14H,8-9,11H2,1-3H3,(H,23,25)/t14-/m1/s1. The average molecular weight is 359 g/mol. The van der Waals surface area contributed by atoms with Gasteiger partial charge in [-0.2, -0.15) is 0 Å². The predicted octanol–water partition coefficient (Wildman–Crippen LogP) is 3.89. The van der Waals surface area contributed by atoms with Crippen molar-refractivity contribution in [3.05, 3.63) is 52.6 Å². The third-order valence-electron chi connectivity index (χ3n) is 4.66. The molecule has 0 unspecified atom stereocenters. The maximum atomic E-state index is 12.5. The molecule has 1 fully saturated rings. The van der Waals surface area contributed by atoms with Gasteiger partial charge in [-0.1, -0.05) is 11.6 Å². The number of hydrogen-bond donors (Lipinski definition) is 1. The maximum Gasteiger partial charge on any atom is 0.259 e. The average Bonchev–Trinajstić information content (AvgIpc) is 3.07. The van der Waals surface area contributed by atoms with E-state index in [4.69, 9.17) is 11.6 Å². The number of carbonyl (C=O) groups is 1. The molecule has 5 nitrogen and oxygen atoms in total. The van der Waals surface area contributed by atoms with Gasteiger partial charge in [-0.05, 0) is 58.0 Å². The van der Waals surface area contributed by atoms with Crippen LogP contribution in [0.25, 0.3) is 0 Å². The smallest absolute Gasteiger partial charge is 0.259 e. The Morgan fingerprint density at radius 3 is 2.64 bits per heavy atom. The van der Waals surface area contributed by atoms with Crippen molar-refractivity contribution in [1.82, 2.24) is 14.9 Å². The quantitative estimate of drug-likeness (QED) is 0.900. The molecule has 1 aliphatic rings. The predicted molar refractivity (Wildman–Crippen MR) is 100 cm³/mol. The Labute approximate surface area is 153 Å². The monoisotopic (exact) mass is 358 g/mol. The lowest BCUT2D eigenvalue weighted by atomic mass is 10.1. The second-order valence-electron chi connectivity index (χ2n) is 6.76. The van der Waals surface area contributed by atoms with Gasteiger partial charge in [-0.3, -0.25) is 4.79 Å². The molecule has 1 aromatic heterocycles. The minimum absolute atomic E-state index is 0.207. The second-order valence-corrected chi connectivity index (χ2v) is 7.20. The fraction of sp³-hybridized carbons (Fsp3) is 0.421. The minimum atomic E-state index is -0.207. The van der Waals surface area contributed by atoms with Gasteiger partial charge in [0.05, 0.1) is 11.3 Å². The third kappa shape index (κ3) is 4.17. The van der Waals surface area contributed by atoms with Gasteiger partial charge in [0.25, 0.3) is 5.91 Å². The highest BCUT2D eigenvalue weighted by atomic mass is 35.5. The van der Waals surface area contributed by atoms with E-state index in [2.05, 4.69) is 34.0 Å². The molecule has 2 heterocycles. The van der Waals surface area contributed by atoms with Crippen molar-refractivity contribution in [3.63, 3.8) is 0 Å². The van der Waals surface area contributed by atoms with Gasteiger partial charge in [0.15, 0.2) is 0 Å². The number of anilines is 1. The number of aryl methyl sites for hydroxylation is 1. The van der Waals surface area contributed by atoms with E-state index < -0.39 is 0 Å². The molecule has 0 aliphatic carbocycles. The van der Waals surface area contributed by atoms with Crippen LogP contribution in [0.15, 0.2) is 30.5 Å². The molecule has 0 bridgehead atoms. The van der Waals surface area contributed by atoms with Crippen molar-refractivity contribution < 1.29 is 4.79 Å². The number of benzene rings is 1. The zero-order valence-electron chi connectivity index (χ0n) is 14.8. The molecule has 2 aromatic rings. The van der Waals surface area contributed by atoms with Gasteiger partial charge >= 0.3 is 0 Å². The Hall–Kier alpha value is -1.98. The number of hydrogen-bond acceptors (Lipinski definition) is 4. The molecule has 0 spiro atoms. The van der Waals surface area contributed by atoms with Gasteiger partial charge in [-0.25, -0.2) is 9.97 Å². The van der Waals surface area contributed by atoms with Crippen LogP contribution in [0.2, 0.25) is 5.02 Å². The number of halogens is 1. The Kier molecular flexibility index (Phi) is 5.35. The summed E-state index contributed by atoms with van der Waals surface area (Å²) in [6, 6.07) is 7.55. The zero-order valence-corrected chi connectivity index (χ0v) is 15.5. The van der Waals surface area contributed by atoms with Crippen LogP contribution in [-0.2, 0) is 0 Å². The van der Waals surface area contributed by atoms with Crippen LogP contribution in [0.4, 0.5) is 5.69 Å². The molecule has 132 valence electrons. The van der Waals surface area contributed by atoms with Crippen LogP contribution in [0.1, 0.15) is 48.1 Å². The van der Waals surface area contributed by atoms with E-state index in [-0.39, 0.29) is 5.91 Å². The third-order valence-corrected chi connectivity index (χ3v) is 4.91. The first-order valence-corrected chi connectivity index (χ1v) is 8.96.